The van der Waals surface area contributed by atoms with Crippen LogP contribution in [0.3, 0.4) is 0 Å². The molecule has 0 aromatic heterocycles. The zero-order valence-electron chi connectivity index (χ0n) is 11.6. The smallest absolute Gasteiger partial charge is 0.314 e. The highest BCUT2D eigenvalue weighted by molar-refractivity contribution is 5.34. The Hall–Kier alpha value is -1.14. The van der Waals surface area contributed by atoms with Crippen molar-refractivity contribution in [3.05, 3.63) is 35.1 Å². The maximum Gasteiger partial charge on any atom is 0.416 e. The topological polar surface area (TPSA) is 15.3 Å². The first-order valence-corrected chi connectivity index (χ1v) is 7.28. The van der Waals surface area contributed by atoms with E-state index in [0.29, 0.717) is 13.1 Å². The van der Waals surface area contributed by atoms with Crippen LogP contribution < -0.4 is 5.32 Å². The predicted octanol–water partition coefficient (Wildman–Crippen LogP) is 3.20. The van der Waals surface area contributed by atoms with Gasteiger partial charge < -0.3 is 5.32 Å². The van der Waals surface area contributed by atoms with Crippen LogP contribution in [0.5, 0.6) is 0 Å². The molecule has 1 atom stereocenters. The maximum absolute atomic E-state index is 13.5. The summed E-state index contributed by atoms with van der Waals surface area (Å²) in [5.74, 6) is -0.384. The molecule has 0 radical (unpaired) electrons. The van der Waals surface area contributed by atoms with Crippen molar-refractivity contribution in [2.24, 2.45) is 5.92 Å². The van der Waals surface area contributed by atoms with Crippen molar-refractivity contribution in [3.8, 4) is 0 Å². The number of benzene rings is 1. The molecule has 0 unspecified atom stereocenters. The Morgan fingerprint density at radius 3 is 2.38 bits per heavy atom. The van der Waals surface area contributed by atoms with Gasteiger partial charge in [0.25, 0.3) is 0 Å². The third-order valence-corrected chi connectivity index (χ3v) is 4.25. The SMILES string of the molecule is Fc1ccc(C(F)(F)F)c([C@H](C2CC2)N2CCNCC2)c1. The summed E-state index contributed by atoms with van der Waals surface area (Å²) in [6.45, 7) is 2.93. The van der Waals surface area contributed by atoms with Crippen LogP contribution in [0.2, 0.25) is 0 Å². The van der Waals surface area contributed by atoms with Crippen LogP contribution in [0.1, 0.15) is 30.0 Å². The highest BCUT2D eigenvalue weighted by Gasteiger charge is 2.42. The Labute approximate surface area is 121 Å². The number of rotatable bonds is 3. The first kappa shape index (κ1) is 14.8. The van der Waals surface area contributed by atoms with Crippen molar-refractivity contribution in [1.82, 2.24) is 10.2 Å². The van der Waals surface area contributed by atoms with Crippen molar-refractivity contribution in [1.29, 1.82) is 0 Å². The van der Waals surface area contributed by atoms with Gasteiger partial charge in [-0.25, -0.2) is 4.39 Å². The molecule has 1 aromatic carbocycles. The predicted molar refractivity (Wildman–Crippen MR) is 71.3 cm³/mol. The summed E-state index contributed by atoms with van der Waals surface area (Å²) in [5.41, 5.74) is -0.591. The lowest BCUT2D eigenvalue weighted by atomic mass is 9.94. The second-order valence-electron chi connectivity index (χ2n) is 5.80. The van der Waals surface area contributed by atoms with E-state index < -0.39 is 17.6 Å². The minimum Gasteiger partial charge on any atom is -0.314 e. The second kappa shape index (κ2) is 5.57. The molecule has 2 nitrogen and oxygen atoms in total. The molecule has 0 bridgehead atoms. The number of hydrogen-bond donors (Lipinski definition) is 1. The number of hydrogen-bond acceptors (Lipinski definition) is 2. The van der Waals surface area contributed by atoms with E-state index in [0.717, 1.165) is 44.1 Å². The van der Waals surface area contributed by atoms with Crippen LogP contribution in [-0.2, 0) is 6.18 Å². The summed E-state index contributed by atoms with van der Waals surface area (Å²) in [6.07, 6.45) is -2.60. The van der Waals surface area contributed by atoms with Crippen molar-refractivity contribution in [2.45, 2.75) is 25.1 Å². The number of alkyl halides is 3. The van der Waals surface area contributed by atoms with Crippen LogP contribution in [0.25, 0.3) is 0 Å². The van der Waals surface area contributed by atoms with E-state index in [4.69, 9.17) is 0 Å². The molecule has 1 saturated carbocycles. The van der Waals surface area contributed by atoms with E-state index in [1.165, 1.54) is 0 Å². The fraction of sp³-hybridized carbons (Fsp3) is 0.600. The van der Waals surface area contributed by atoms with Crippen LogP contribution in [-0.4, -0.2) is 31.1 Å². The molecule has 0 spiro atoms. The van der Waals surface area contributed by atoms with Crippen molar-refractivity contribution >= 4 is 0 Å². The fourth-order valence-corrected chi connectivity index (χ4v) is 3.16. The molecule has 2 aliphatic rings. The quantitative estimate of drug-likeness (QED) is 0.863. The summed E-state index contributed by atoms with van der Waals surface area (Å²) in [6, 6.07) is 2.53. The largest absolute Gasteiger partial charge is 0.416 e. The van der Waals surface area contributed by atoms with Crippen LogP contribution >= 0.6 is 0 Å². The lowest BCUT2D eigenvalue weighted by molar-refractivity contribution is -0.139. The molecule has 2 fully saturated rings. The lowest BCUT2D eigenvalue weighted by Gasteiger charge is -2.36. The molecule has 1 aliphatic carbocycles. The zero-order chi connectivity index (χ0) is 15.0. The monoisotopic (exact) mass is 302 g/mol. The Morgan fingerprint density at radius 1 is 1.14 bits per heavy atom. The van der Waals surface area contributed by atoms with E-state index in [1.54, 1.807) is 0 Å². The standard InChI is InChI=1S/C15H18F4N2/c16-11-3-4-13(15(17,18)19)12(9-11)14(10-1-2-10)21-7-5-20-6-8-21/h3-4,9-10,14,20H,1-2,5-8H2/t14-/m0/s1. The van der Waals surface area contributed by atoms with Gasteiger partial charge in [-0.2, -0.15) is 13.2 Å². The molecule has 1 saturated heterocycles. The molecular weight excluding hydrogens is 284 g/mol. The maximum atomic E-state index is 13.5. The average molecular weight is 302 g/mol. The summed E-state index contributed by atoms with van der Waals surface area (Å²) < 4.78 is 53.3. The van der Waals surface area contributed by atoms with E-state index in [1.807, 2.05) is 0 Å². The van der Waals surface area contributed by atoms with Crippen molar-refractivity contribution in [3.63, 3.8) is 0 Å². The van der Waals surface area contributed by atoms with Crippen LogP contribution in [0.4, 0.5) is 17.6 Å². The van der Waals surface area contributed by atoms with Gasteiger partial charge in [0.05, 0.1) is 5.56 Å². The van der Waals surface area contributed by atoms with E-state index >= 15 is 0 Å². The van der Waals surface area contributed by atoms with Gasteiger partial charge in [-0.05, 0) is 42.5 Å². The number of piperazine rings is 1. The van der Waals surface area contributed by atoms with Crippen molar-refractivity contribution < 1.29 is 17.6 Å². The molecule has 1 heterocycles. The van der Waals surface area contributed by atoms with Gasteiger partial charge in [-0.15, -0.1) is 0 Å². The minimum atomic E-state index is -4.44. The van der Waals surface area contributed by atoms with Crippen LogP contribution in [0.15, 0.2) is 18.2 Å². The van der Waals surface area contributed by atoms with Gasteiger partial charge in [0, 0.05) is 32.2 Å². The number of nitrogens with zero attached hydrogens (tertiary/aromatic N) is 1. The molecule has 3 rings (SSSR count). The summed E-state index contributed by atoms with van der Waals surface area (Å²) in [7, 11) is 0. The average Bonchev–Trinajstić information content (AvgIpc) is 3.23. The Kier molecular flexibility index (Phi) is 3.92. The van der Waals surface area contributed by atoms with Gasteiger partial charge >= 0.3 is 6.18 Å². The van der Waals surface area contributed by atoms with Gasteiger partial charge in [0.15, 0.2) is 0 Å². The van der Waals surface area contributed by atoms with E-state index in [-0.39, 0.29) is 17.5 Å². The zero-order valence-corrected chi connectivity index (χ0v) is 11.6. The molecule has 0 amide bonds. The second-order valence-corrected chi connectivity index (χ2v) is 5.80. The summed E-state index contributed by atoms with van der Waals surface area (Å²) in [4.78, 5) is 2.07. The van der Waals surface area contributed by atoms with E-state index in [9.17, 15) is 17.6 Å². The molecule has 6 heteroatoms. The third kappa shape index (κ3) is 3.21. The first-order valence-electron chi connectivity index (χ1n) is 7.28. The molecular formula is C15H18F4N2. The Morgan fingerprint density at radius 2 is 1.81 bits per heavy atom. The Bertz CT molecular complexity index is 505. The van der Waals surface area contributed by atoms with Gasteiger partial charge in [-0.1, -0.05) is 0 Å². The lowest BCUT2D eigenvalue weighted by Crippen LogP contribution is -2.46. The number of halogens is 4. The number of nitrogens with one attached hydrogen (secondary N) is 1. The van der Waals surface area contributed by atoms with Gasteiger partial charge in [0.2, 0.25) is 0 Å². The molecule has 21 heavy (non-hydrogen) atoms. The molecule has 1 aliphatic heterocycles. The minimum absolute atomic E-state index is 0.104. The Balaban J connectivity index is 2.00. The van der Waals surface area contributed by atoms with Gasteiger partial charge in [-0.3, -0.25) is 4.90 Å². The normalized spacial score (nSPS) is 22.3. The highest BCUT2D eigenvalue weighted by atomic mass is 19.4. The molecule has 1 aromatic rings. The van der Waals surface area contributed by atoms with Gasteiger partial charge in [0.1, 0.15) is 5.82 Å². The highest BCUT2D eigenvalue weighted by Crippen LogP contribution is 2.48. The third-order valence-electron chi connectivity index (χ3n) is 4.25. The van der Waals surface area contributed by atoms with Crippen molar-refractivity contribution in [2.75, 3.05) is 26.2 Å². The summed E-state index contributed by atoms with van der Waals surface area (Å²) >= 11 is 0. The summed E-state index contributed by atoms with van der Waals surface area (Å²) in [5, 5.41) is 3.20. The molecule has 1 N–H and O–H groups in total. The van der Waals surface area contributed by atoms with E-state index in [2.05, 4.69) is 10.2 Å². The first-order chi connectivity index (χ1) is 9.97. The van der Waals surface area contributed by atoms with Crippen LogP contribution in [0, 0.1) is 11.7 Å². The molecule has 116 valence electrons. The fourth-order valence-electron chi connectivity index (χ4n) is 3.16.